The molecule has 0 aromatic heterocycles. The van der Waals surface area contributed by atoms with Crippen molar-refractivity contribution in [3.05, 3.63) is 29.6 Å². The lowest BCUT2D eigenvalue weighted by atomic mass is 10.1. The van der Waals surface area contributed by atoms with E-state index in [1.165, 1.54) is 25.1 Å². The third-order valence-corrected chi connectivity index (χ3v) is 1.43. The van der Waals surface area contributed by atoms with Crippen LogP contribution in [0.15, 0.2) is 18.2 Å². The highest BCUT2D eigenvalue weighted by Crippen LogP contribution is 2.15. The summed E-state index contributed by atoms with van der Waals surface area (Å²) >= 11 is 0. The largest absolute Gasteiger partial charge is 0.396 e. The standard InChI is InChI=1S/C8H8FNO.ClH/c1-5(11)6-3-2-4-7(9)8(6)10;/h2-4H,10H2,1H3;1H. The highest BCUT2D eigenvalue weighted by molar-refractivity contribution is 5.99. The van der Waals surface area contributed by atoms with Crippen molar-refractivity contribution in [3.8, 4) is 0 Å². The molecule has 1 aromatic rings. The van der Waals surface area contributed by atoms with Crippen LogP contribution in [0, 0.1) is 5.82 Å². The Morgan fingerprint density at radius 1 is 1.50 bits per heavy atom. The van der Waals surface area contributed by atoms with Crippen LogP contribution in [0.4, 0.5) is 10.1 Å². The molecule has 0 saturated carbocycles. The highest BCUT2D eigenvalue weighted by atomic mass is 35.5. The molecule has 0 atom stereocenters. The zero-order valence-corrected chi connectivity index (χ0v) is 7.32. The Morgan fingerprint density at radius 2 is 2.08 bits per heavy atom. The number of Topliss-reactive ketones (excluding diaryl/α,β-unsaturated/α-hetero) is 1. The quantitative estimate of drug-likeness (QED) is 0.543. The Morgan fingerprint density at radius 3 is 2.50 bits per heavy atom. The van der Waals surface area contributed by atoms with Crippen LogP contribution in [0.2, 0.25) is 0 Å². The number of carbonyl (C=O) groups is 1. The van der Waals surface area contributed by atoms with E-state index in [-0.39, 0.29) is 29.4 Å². The molecule has 0 radical (unpaired) electrons. The fourth-order valence-electron chi connectivity index (χ4n) is 0.844. The first-order valence-corrected chi connectivity index (χ1v) is 3.18. The molecule has 0 heterocycles. The molecule has 0 aliphatic carbocycles. The first-order chi connectivity index (χ1) is 5.13. The predicted octanol–water partition coefficient (Wildman–Crippen LogP) is 2.03. The van der Waals surface area contributed by atoms with Crippen LogP contribution in [0.25, 0.3) is 0 Å². The topological polar surface area (TPSA) is 43.1 Å². The zero-order valence-electron chi connectivity index (χ0n) is 6.50. The molecule has 0 unspecified atom stereocenters. The van der Waals surface area contributed by atoms with Crippen molar-refractivity contribution < 1.29 is 9.18 Å². The first-order valence-electron chi connectivity index (χ1n) is 3.18. The van der Waals surface area contributed by atoms with Crippen molar-refractivity contribution in [1.82, 2.24) is 0 Å². The number of nitrogens with two attached hydrogens (primary N) is 1. The smallest absolute Gasteiger partial charge is 0.161 e. The average Bonchev–Trinajstić information content (AvgIpc) is 1.94. The second-order valence-corrected chi connectivity index (χ2v) is 2.26. The normalized spacial score (nSPS) is 8.83. The third kappa shape index (κ3) is 1.95. The van der Waals surface area contributed by atoms with E-state index in [0.29, 0.717) is 0 Å². The molecule has 1 rings (SSSR count). The van der Waals surface area contributed by atoms with Gasteiger partial charge in [0.2, 0.25) is 0 Å². The number of hydrogen-bond donors (Lipinski definition) is 1. The summed E-state index contributed by atoms with van der Waals surface area (Å²) in [5.41, 5.74) is 5.46. The number of benzene rings is 1. The molecule has 0 saturated heterocycles. The maximum absolute atomic E-state index is 12.7. The molecule has 2 nitrogen and oxygen atoms in total. The fourth-order valence-corrected chi connectivity index (χ4v) is 0.844. The summed E-state index contributed by atoms with van der Waals surface area (Å²) in [6.45, 7) is 1.35. The molecule has 0 fully saturated rings. The lowest BCUT2D eigenvalue weighted by Gasteiger charge is -2.00. The van der Waals surface area contributed by atoms with Gasteiger partial charge in [-0.25, -0.2) is 4.39 Å². The Bertz CT molecular complexity index is 301. The van der Waals surface area contributed by atoms with E-state index in [4.69, 9.17) is 5.73 Å². The molecule has 0 amide bonds. The molecule has 12 heavy (non-hydrogen) atoms. The summed E-state index contributed by atoms with van der Waals surface area (Å²) in [5, 5.41) is 0. The maximum Gasteiger partial charge on any atom is 0.161 e. The number of carbonyl (C=O) groups excluding carboxylic acids is 1. The van der Waals surface area contributed by atoms with Gasteiger partial charge in [-0.15, -0.1) is 12.4 Å². The summed E-state index contributed by atoms with van der Waals surface area (Å²) in [6.07, 6.45) is 0. The van der Waals surface area contributed by atoms with Gasteiger partial charge in [-0.3, -0.25) is 4.79 Å². The van der Waals surface area contributed by atoms with Crippen molar-refractivity contribution in [3.63, 3.8) is 0 Å². The second kappa shape index (κ2) is 4.07. The first kappa shape index (κ1) is 10.9. The van der Waals surface area contributed by atoms with Gasteiger partial charge >= 0.3 is 0 Å². The second-order valence-electron chi connectivity index (χ2n) is 2.26. The van der Waals surface area contributed by atoms with Crippen molar-refractivity contribution in [2.75, 3.05) is 5.73 Å². The van der Waals surface area contributed by atoms with Crippen LogP contribution >= 0.6 is 12.4 Å². The van der Waals surface area contributed by atoms with E-state index < -0.39 is 5.82 Å². The van der Waals surface area contributed by atoms with Gasteiger partial charge in [0.15, 0.2) is 5.78 Å². The van der Waals surface area contributed by atoms with Gasteiger partial charge in [0.1, 0.15) is 5.82 Å². The molecule has 0 spiro atoms. The molecule has 1 aromatic carbocycles. The molecule has 66 valence electrons. The summed E-state index contributed by atoms with van der Waals surface area (Å²) in [7, 11) is 0. The van der Waals surface area contributed by atoms with Gasteiger partial charge in [-0.2, -0.15) is 0 Å². The third-order valence-electron chi connectivity index (χ3n) is 1.43. The Kier molecular flexibility index (Phi) is 3.70. The molecule has 0 aliphatic heterocycles. The van der Waals surface area contributed by atoms with Gasteiger partial charge in [-0.1, -0.05) is 6.07 Å². The van der Waals surface area contributed by atoms with Gasteiger partial charge in [-0.05, 0) is 19.1 Å². The Hall–Kier alpha value is -1.09. The summed E-state index contributed by atoms with van der Waals surface area (Å²) in [6, 6.07) is 4.19. The zero-order chi connectivity index (χ0) is 8.43. The van der Waals surface area contributed by atoms with Crippen molar-refractivity contribution in [2.45, 2.75) is 6.92 Å². The summed E-state index contributed by atoms with van der Waals surface area (Å²) < 4.78 is 12.7. The fraction of sp³-hybridized carbons (Fsp3) is 0.125. The van der Waals surface area contributed by atoms with Crippen LogP contribution < -0.4 is 5.73 Å². The van der Waals surface area contributed by atoms with E-state index in [1.807, 2.05) is 0 Å². The molecule has 4 heteroatoms. The molecular weight excluding hydrogens is 181 g/mol. The minimum Gasteiger partial charge on any atom is -0.396 e. The van der Waals surface area contributed by atoms with Crippen molar-refractivity contribution in [2.24, 2.45) is 0 Å². The van der Waals surface area contributed by atoms with Crippen molar-refractivity contribution in [1.29, 1.82) is 0 Å². The van der Waals surface area contributed by atoms with E-state index in [2.05, 4.69) is 0 Å². The number of ketones is 1. The van der Waals surface area contributed by atoms with Crippen LogP contribution in [0.5, 0.6) is 0 Å². The average molecular weight is 190 g/mol. The number of anilines is 1. The van der Waals surface area contributed by atoms with Crippen LogP contribution in [0.1, 0.15) is 17.3 Å². The minimum absolute atomic E-state index is 0. The van der Waals surface area contributed by atoms with E-state index in [0.717, 1.165) is 0 Å². The van der Waals surface area contributed by atoms with E-state index in [9.17, 15) is 9.18 Å². The van der Waals surface area contributed by atoms with Crippen LogP contribution in [-0.4, -0.2) is 5.78 Å². The monoisotopic (exact) mass is 189 g/mol. The molecule has 0 aliphatic rings. The number of para-hydroxylation sites is 1. The lowest BCUT2D eigenvalue weighted by molar-refractivity contribution is 0.101. The van der Waals surface area contributed by atoms with E-state index in [1.54, 1.807) is 0 Å². The Labute approximate surface area is 76.0 Å². The van der Waals surface area contributed by atoms with Gasteiger partial charge in [0.25, 0.3) is 0 Å². The highest BCUT2D eigenvalue weighted by Gasteiger charge is 2.06. The maximum atomic E-state index is 12.7. The Balaban J connectivity index is 0.00000121. The molecular formula is C8H9ClFNO. The predicted molar refractivity (Wildman–Crippen MR) is 48.1 cm³/mol. The van der Waals surface area contributed by atoms with Crippen molar-refractivity contribution >= 4 is 23.9 Å². The minimum atomic E-state index is -0.544. The summed E-state index contributed by atoms with van der Waals surface area (Å²) in [5.74, 6) is -0.764. The van der Waals surface area contributed by atoms with Crippen LogP contribution in [-0.2, 0) is 0 Å². The number of hydrogen-bond acceptors (Lipinski definition) is 2. The van der Waals surface area contributed by atoms with Gasteiger partial charge in [0, 0.05) is 5.56 Å². The van der Waals surface area contributed by atoms with Crippen LogP contribution in [0.3, 0.4) is 0 Å². The number of nitrogen functional groups attached to an aromatic ring is 1. The number of rotatable bonds is 1. The lowest BCUT2D eigenvalue weighted by Crippen LogP contribution is -2.01. The van der Waals surface area contributed by atoms with Gasteiger partial charge in [0.05, 0.1) is 5.69 Å². The molecule has 0 bridgehead atoms. The van der Waals surface area contributed by atoms with E-state index >= 15 is 0 Å². The summed E-state index contributed by atoms with van der Waals surface area (Å²) in [4.78, 5) is 10.8. The number of halogens is 2. The molecule has 2 N–H and O–H groups in total. The van der Waals surface area contributed by atoms with Gasteiger partial charge < -0.3 is 5.73 Å². The SMILES string of the molecule is CC(=O)c1cccc(F)c1N.Cl.